The average Bonchev–Trinajstić information content (AvgIpc) is 2.60. The van der Waals surface area contributed by atoms with E-state index in [1.165, 1.54) is 25.3 Å². The fourth-order valence-electron chi connectivity index (χ4n) is 2.21. The molecule has 1 saturated carbocycles. The molecule has 1 aliphatic carbocycles. The summed E-state index contributed by atoms with van der Waals surface area (Å²) >= 11 is 5.77. The van der Waals surface area contributed by atoms with Gasteiger partial charge < -0.3 is 0 Å². The van der Waals surface area contributed by atoms with Crippen LogP contribution in [0.3, 0.4) is 0 Å². The van der Waals surface area contributed by atoms with E-state index in [0.29, 0.717) is 5.52 Å². The van der Waals surface area contributed by atoms with Gasteiger partial charge in [0.2, 0.25) is 0 Å². The number of hydrogen-bond acceptors (Lipinski definition) is 2. The molecule has 1 aromatic heterocycles. The molecule has 0 bridgehead atoms. The second-order valence-electron chi connectivity index (χ2n) is 4.65. The maximum atomic E-state index is 13.2. The molecule has 0 radical (unpaired) electrons. The molecule has 1 fully saturated rings. The van der Waals surface area contributed by atoms with Crippen LogP contribution in [0.2, 0.25) is 5.02 Å². The summed E-state index contributed by atoms with van der Waals surface area (Å²) in [6.45, 7) is 0.836. The predicted octanol–water partition coefficient (Wildman–Crippen LogP) is 3.41. The van der Waals surface area contributed by atoms with E-state index in [-0.39, 0.29) is 5.02 Å². The summed E-state index contributed by atoms with van der Waals surface area (Å²) in [6.07, 6.45) is 5.11. The molecule has 2 aromatic rings. The zero-order valence-electron chi connectivity index (χ0n) is 9.37. The van der Waals surface area contributed by atoms with Crippen molar-refractivity contribution in [1.29, 1.82) is 0 Å². The van der Waals surface area contributed by atoms with Crippen LogP contribution in [0.4, 0.5) is 4.39 Å². The fourth-order valence-corrected chi connectivity index (χ4v) is 2.37. The molecule has 0 amide bonds. The van der Waals surface area contributed by atoms with Crippen LogP contribution in [0.1, 0.15) is 25.7 Å². The van der Waals surface area contributed by atoms with E-state index < -0.39 is 5.82 Å². The van der Waals surface area contributed by atoms with Crippen LogP contribution in [-0.2, 0) is 6.54 Å². The number of fused-ring (bicyclic) bond motifs is 1. The summed E-state index contributed by atoms with van der Waals surface area (Å²) in [4.78, 5) is 0. The molecule has 1 aliphatic rings. The van der Waals surface area contributed by atoms with Gasteiger partial charge in [0.15, 0.2) is 0 Å². The Morgan fingerprint density at radius 2 is 2.24 bits per heavy atom. The molecule has 0 N–H and O–H groups in total. The summed E-state index contributed by atoms with van der Waals surface area (Å²) in [5, 5.41) is 8.14. The Morgan fingerprint density at radius 1 is 1.41 bits per heavy atom. The first-order valence-electron chi connectivity index (χ1n) is 5.92. The Morgan fingerprint density at radius 3 is 2.94 bits per heavy atom. The highest BCUT2D eigenvalue weighted by Crippen LogP contribution is 2.30. The van der Waals surface area contributed by atoms with Crippen LogP contribution in [0, 0.1) is 11.7 Å². The Kier molecular flexibility index (Phi) is 2.74. The fraction of sp³-hybridized carbons (Fsp3) is 0.500. The zero-order chi connectivity index (χ0) is 11.8. The summed E-state index contributed by atoms with van der Waals surface area (Å²) < 4.78 is 15.0. The minimum absolute atomic E-state index is 0.129. The third-order valence-corrected chi connectivity index (χ3v) is 3.82. The Hall–Kier alpha value is -1.16. The van der Waals surface area contributed by atoms with Crippen molar-refractivity contribution in [2.75, 3.05) is 0 Å². The summed E-state index contributed by atoms with van der Waals surface area (Å²) in [6, 6.07) is 2.94. The molecular formula is C12H13ClFN3. The first-order valence-corrected chi connectivity index (χ1v) is 6.30. The van der Waals surface area contributed by atoms with E-state index in [9.17, 15) is 4.39 Å². The zero-order valence-corrected chi connectivity index (χ0v) is 10.1. The van der Waals surface area contributed by atoms with Crippen LogP contribution in [0.15, 0.2) is 12.1 Å². The number of halogens is 2. The minimum Gasteiger partial charge on any atom is -0.245 e. The van der Waals surface area contributed by atoms with Gasteiger partial charge in [0.25, 0.3) is 0 Å². The first kappa shape index (κ1) is 11.0. The van der Waals surface area contributed by atoms with E-state index >= 15 is 0 Å². The van der Waals surface area contributed by atoms with Crippen LogP contribution in [0.5, 0.6) is 0 Å². The van der Waals surface area contributed by atoms with E-state index in [1.807, 2.05) is 4.68 Å². The summed E-state index contributed by atoms with van der Waals surface area (Å²) in [5.41, 5.74) is 1.39. The van der Waals surface area contributed by atoms with E-state index in [2.05, 4.69) is 10.3 Å². The highest BCUT2D eigenvalue weighted by Gasteiger charge is 2.18. The normalized spacial score (nSPS) is 16.4. The number of nitrogens with zero attached hydrogens (tertiary/aromatic N) is 3. The Labute approximate surface area is 104 Å². The molecule has 3 rings (SSSR count). The van der Waals surface area contributed by atoms with Crippen molar-refractivity contribution in [3.63, 3.8) is 0 Å². The van der Waals surface area contributed by atoms with Gasteiger partial charge in [0.1, 0.15) is 11.3 Å². The van der Waals surface area contributed by atoms with E-state index in [4.69, 9.17) is 11.6 Å². The predicted molar refractivity (Wildman–Crippen MR) is 64.5 cm³/mol. The molecule has 0 aliphatic heterocycles. The van der Waals surface area contributed by atoms with Crippen molar-refractivity contribution < 1.29 is 4.39 Å². The second kappa shape index (κ2) is 4.26. The SMILES string of the molecule is Fc1cc2nnn(CCC3CCC3)c2cc1Cl. The van der Waals surface area contributed by atoms with Crippen LogP contribution in [0.25, 0.3) is 11.0 Å². The van der Waals surface area contributed by atoms with Crippen molar-refractivity contribution in [2.24, 2.45) is 5.92 Å². The number of aromatic nitrogens is 3. The lowest BCUT2D eigenvalue weighted by atomic mass is 9.83. The molecule has 0 unspecified atom stereocenters. The van der Waals surface area contributed by atoms with Gasteiger partial charge in [-0.1, -0.05) is 36.1 Å². The van der Waals surface area contributed by atoms with Crippen molar-refractivity contribution >= 4 is 22.6 Å². The summed E-state index contributed by atoms with van der Waals surface area (Å²) in [7, 11) is 0. The van der Waals surface area contributed by atoms with Gasteiger partial charge in [0.05, 0.1) is 10.5 Å². The van der Waals surface area contributed by atoms with Crippen LogP contribution in [-0.4, -0.2) is 15.0 Å². The van der Waals surface area contributed by atoms with Crippen LogP contribution >= 0.6 is 11.6 Å². The smallest absolute Gasteiger partial charge is 0.144 e. The highest BCUT2D eigenvalue weighted by atomic mass is 35.5. The molecule has 90 valence electrons. The maximum absolute atomic E-state index is 13.2. The monoisotopic (exact) mass is 253 g/mol. The molecule has 17 heavy (non-hydrogen) atoms. The van der Waals surface area contributed by atoms with Crippen LogP contribution < -0.4 is 0 Å². The summed E-state index contributed by atoms with van der Waals surface area (Å²) in [5.74, 6) is 0.385. The molecule has 0 atom stereocenters. The van der Waals surface area contributed by atoms with Crippen molar-refractivity contribution in [2.45, 2.75) is 32.2 Å². The third-order valence-electron chi connectivity index (χ3n) is 3.53. The largest absolute Gasteiger partial charge is 0.245 e. The topological polar surface area (TPSA) is 30.7 Å². The quantitative estimate of drug-likeness (QED) is 0.839. The van der Waals surface area contributed by atoms with Crippen molar-refractivity contribution in [3.8, 4) is 0 Å². The lowest BCUT2D eigenvalue weighted by molar-refractivity contribution is 0.278. The Bertz CT molecular complexity index is 548. The van der Waals surface area contributed by atoms with Gasteiger partial charge in [-0.05, 0) is 18.4 Å². The van der Waals surface area contributed by atoms with E-state index in [1.54, 1.807) is 6.07 Å². The van der Waals surface area contributed by atoms with Gasteiger partial charge in [-0.25, -0.2) is 9.07 Å². The molecule has 1 heterocycles. The molecule has 1 aromatic carbocycles. The number of rotatable bonds is 3. The molecule has 5 heteroatoms. The van der Waals surface area contributed by atoms with Crippen molar-refractivity contribution in [1.82, 2.24) is 15.0 Å². The minimum atomic E-state index is -0.440. The molecular weight excluding hydrogens is 241 g/mol. The van der Waals surface area contributed by atoms with Gasteiger partial charge in [-0.15, -0.1) is 5.10 Å². The molecule has 0 saturated heterocycles. The van der Waals surface area contributed by atoms with Gasteiger partial charge in [-0.2, -0.15) is 0 Å². The van der Waals surface area contributed by atoms with Gasteiger partial charge in [0, 0.05) is 12.6 Å². The second-order valence-corrected chi connectivity index (χ2v) is 5.06. The molecule has 0 spiro atoms. The van der Waals surface area contributed by atoms with Gasteiger partial charge in [-0.3, -0.25) is 0 Å². The standard InChI is InChI=1S/C12H13ClFN3/c13-9-6-12-11(7-10(9)14)15-16-17(12)5-4-8-2-1-3-8/h6-8H,1-5H2. The van der Waals surface area contributed by atoms with Crippen molar-refractivity contribution in [3.05, 3.63) is 23.0 Å². The molecule has 3 nitrogen and oxygen atoms in total. The number of hydrogen-bond donors (Lipinski definition) is 0. The number of benzene rings is 1. The maximum Gasteiger partial charge on any atom is 0.144 e. The Balaban J connectivity index is 1.85. The lowest BCUT2D eigenvalue weighted by Crippen LogP contribution is -2.14. The number of aryl methyl sites for hydroxylation is 1. The van der Waals surface area contributed by atoms with E-state index in [0.717, 1.165) is 24.4 Å². The van der Waals surface area contributed by atoms with Gasteiger partial charge >= 0.3 is 0 Å². The third kappa shape index (κ3) is 2.02. The highest BCUT2D eigenvalue weighted by molar-refractivity contribution is 6.31. The lowest BCUT2D eigenvalue weighted by Gasteiger charge is -2.24. The first-order chi connectivity index (χ1) is 8.24. The average molecular weight is 254 g/mol.